The zero-order valence-corrected chi connectivity index (χ0v) is 11.5. The molecule has 3 heteroatoms. The molecule has 0 fully saturated rings. The number of hydrogen-bond donors (Lipinski definition) is 0. The van der Waals surface area contributed by atoms with Crippen molar-refractivity contribution in [3.63, 3.8) is 0 Å². The third-order valence-electron chi connectivity index (χ3n) is 2.80. The number of pyridine rings is 1. The quantitative estimate of drug-likeness (QED) is 0.814. The molecule has 2 rings (SSSR count). The summed E-state index contributed by atoms with van der Waals surface area (Å²) in [6, 6.07) is 4.21. The first-order chi connectivity index (χ1) is 8.24. The summed E-state index contributed by atoms with van der Waals surface area (Å²) >= 11 is 1.80. The minimum atomic E-state index is 0.984. The summed E-state index contributed by atoms with van der Waals surface area (Å²) in [6.07, 6.45) is 5.23. The highest BCUT2D eigenvalue weighted by Gasteiger charge is 2.08. The lowest BCUT2D eigenvalue weighted by Crippen LogP contribution is -1.86. The van der Waals surface area contributed by atoms with Crippen LogP contribution < -0.4 is 0 Å². The van der Waals surface area contributed by atoms with Crippen LogP contribution in [0.3, 0.4) is 0 Å². The van der Waals surface area contributed by atoms with Crippen LogP contribution in [0.1, 0.15) is 36.5 Å². The van der Waals surface area contributed by atoms with E-state index in [4.69, 9.17) is 0 Å². The Morgan fingerprint density at radius 3 is 2.65 bits per heavy atom. The molecule has 0 atom stereocenters. The van der Waals surface area contributed by atoms with Crippen LogP contribution in [0.5, 0.6) is 0 Å². The van der Waals surface area contributed by atoms with Crippen LogP contribution in [0.15, 0.2) is 18.3 Å². The van der Waals surface area contributed by atoms with Gasteiger partial charge in [0.25, 0.3) is 0 Å². The first-order valence-electron chi connectivity index (χ1n) is 6.16. The van der Waals surface area contributed by atoms with E-state index in [9.17, 15) is 0 Å². The average Bonchev–Trinajstić information content (AvgIpc) is 2.72. The summed E-state index contributed by atoms with van der Waals surface area (Å²) in [5.41, 5.74) is 3.44. The molecule has 2 heterocycles. The van der Waals surface area contributed by atoms with Gasteiger partial charge in [-0.1, -0.05) is 20.3 Å². The number of thiazole rings is 1. The maximum absolute atomic E-state index is 4.63. The fourth-order valence-corrected chi connectivity index (χ4v) is 2.92. The van der Waals surface area contributed by atoms with Gasteiger partial charge in [-0.2, -0.15) is 0 Å². The van der Waals surface area contributed by atoms with E-state index >= 15 is 0 Å². The Kier molecular flexibility index (Phi) is 3.89. The molecule has 0 radical (unpaired) electrons. The van der Waals surface area contributed by atoms with Gasteiger partial charge >= 0.3 is 0 Å². The summed E-state index contributed by atoms with van der Waals surface area (Å²) in [7, 11) is 0. The van der Waals surface area contributed by atoms with Gasteiger partial charge in [0.05, 0.1) is 5.69 Å². The summed E-state index contributed by atoms with van der Waals surface area (Å²) in [6.45, 7) is 6.42. The van der Waals surface area contributed by atoms with Gasteiger partial charge in [-0.25, -0.2) is 4.98 Å². The molecule has 2 nitrogen and oxygen atoms in total. The number of rotatable bonds is 4. The fraction of sp³-hybridized carbons (Fsp3) is 0.429. The normalized spacial score (nSPS) is 10.8. The molecular formula is C14H18N2S. The molecule has 0 aromatic carbocycles. The van der Waals surface area contributed by atoms with E-state index in [0.717, 1.165) is 29.1 Å². The van der Waals surface area contributed by atoms with Crippen molar-refractivity contribution in [3.8, 4) is 10.6 Å². The molecule has 0 amide bonds. The largest absolute Gasteiger partial charge is 0.261 e. The standard InChI is InChI=1S/C14H18N2S/c1-4-6-13-10(3)16-14(17-13)11-7-8-12(5-2)15-9-11/h7-9H,4-6H2,1-3H3. The number of aromatic nitrogens is 2. The molecule has 0 saturated heterocycles. The van der Waals surface area contributed by atoms with Crippen LogP contribution in [-0.4, -0.2) is 9.97 Å². The second-order valence-corrected chi connectivity index (χ2v) is 5.25. The highest BCUT2D eigenvalue weighted by atomic mass is 32.1. The Labute approximate surface area is 107 Å². The Morgan fingerprint density at radius 1 is 1.24 bits per heavy atom. The molecule has 0 aliphatic heterocycles. The minimum absolute atomic E-state index is 0.984. The molecular weight excluding hydrogens is 228 g/mol. The molecule has 90 valence electrons. The summed E-state index contributed by atoms with van der Waals surface area (Å²) in [5, 5.41) is 1.10. The van der Waals surface area contributed by atoms with Crippen LogP contribution in [0.4, 0.5) is 0 Å². The van der Waals surface area contributed by atoms with Crippen LogP contribution in [-0.2, 0) is 12.8 Å². The molecule has 0 aliphatic carbocycles. The lowest BCUT2D eigenvalue weighted by Gasteiger charge is -1.97. The van der Waals surface area contributed by atoms with Crippen LogP contribution in [0, 0.1) is 6.92 Å². The van der Waals surface area contributed by atoms with Crippen LogP contribution >= 0.6 is 11.3 Å². The van der Waals surface area contributed by atoms with Crippen LogP contribution in [0.2, 0.25) is 0 Å². The summed E-state index contributed by atoms with van der Waals surface area (Å²) in [5.74, 6) is 0. The van der Waals surface area contributed by atoms with E-state index in [1.807, 2.05) is 6.20 Å². The zero-order valence-electron chi connectivity index (χ0n) is 10.7. The second kappa shape index (κ2) is 5.41. The molecule has 2 aromatic heterocycles. The highest BCUT2D eigenvalue weighted by Crippen LogP contribution is 2.28. The summed E-state index contributed by atoms with van der Waals surface area (Å²) in [4.78, 5) is 10.5. The van der Waals surface area contributed by atoms with E-state index in [0.29, 0.717) is 0 Å². The second-order valence-electron chi connectivity index (χ2n) is 4.17. The monoisotopic (exact) mass is 246 g/mol. The van der Waals surface area contributed by atoms with Gasteiger partial charge in [-0.15, -0.1) is 11.3 Å². The van der Waals surface area contributed by atoms with Gasteiger partial charge in [-0.3, -0.25) is 4.98 Å². The maximum Gasteiger partial charge on any atom is 0.125 e. The molecule has 0 unspecified atom stereocenters. The van der Waals surface area contributed by atoms with E-state index in [1.54, 1.807) is 11.3 Å². The Bertz CT molecular complexity index is 485. The van der Waals surface area contributed by atoms with Crippen LogP contribution in [0.25, 0.3) is 10.6 Å². The van der Waals surface area contributed by atoms with Gasteiger partial charge in [-0.05, 0) is 31.9 Å². The van der Waals surface area contributed by atoms with Crippen molar-refractivity contribution in [1.29, 1.82) is 0 Å². The first-order valence-corrected chi connectivity index (χ1v) is 6.97. The third-order valence-corrected chi connectivity index (χ3v) is 4.07. The molecule has 0 bridgehead atoms. The van der Waals surface area contributed by atoms with Crippen molar-refractivity contribution < 1.29 is 0 Å². The maximum atomic E-state index is 4.63. The third kappa shape index (κ3) is 2.72. The number of hydrogen-bond acceptors (Lipinski definition) is 3. The fourth-order valence-electron chi connectivity index (χ4n) is 1.77. The molecule has 17 heavy (non-hydrogen) atoms. The molecule has 0 aliphatic rings. The van der Waals surface area contributed by atoms with E-state index in [2.05, 4.69) is 42.9 Å². The van der Waals surface area contributed by atoms with Crippen molar-refractivity contribution >= 4 is 11.3 Å². The zero-order chi connectivity index (χ0) is 12.3. The van der Waals surface area contributed by atoms with E-state index in [1.165, 1.54) is 17.0 Å². The van der Waals surface area contributed by atoms with Gasteiger partial charge < -0.3 is 0 Å². The summed E-state index contributed by atoms with van der Waals surface area (Å²) < 4.78 is 0. The van der Waals surface area contributed by atoms with Crippen molar-refractivity contribution in [3.05, 3.63) is 34.6 Å². The lowest BCUT2D eigenvalue weighted by molar-refractivity contribution is 0.925. The SMILES string of the molecule is CCCc1sc(-c2ccc(CC)nc2)nc1C. The van der Waals surface area contributed by atoms with Gasteiger partial charge in [0.2, 0.25) is 0 Å². The predicted molar refractivity (Wildman–Crippen MR) is 73.5 cm³/mol. The van der Waals surface area contributed by atoms with Gasteiger partial charge in [0.1, 0.15) is 5.01 Å². The predicted octanol–water partition coefficient (Wildman–Crippen LogP) is 4.03. The van der Waals surface area contributed by atoms with Gasteiger partial charge in [0, 0.05) is 22.3 Å². The number of nitrogens with zero attached hydrogens (tertiary/aromatic N) is 2. The molecule has 0 saturated carbocycles. The topological polar surface area (TPSA) is 25.8 Å². The van der Waals surface area contributed by atoms with Crippen molar-refractivity contribution in [1.82, 2.24) is 9.97 Å². The highest BCUT2D eigenvalue weighted by molar-refractivity contribution is 7.15. The Balaban J connectivity index is 2.29. The first kappa shape index (κ1) is 12.2. The van der Waals surface area contributed by atoms with E-state index in [-0.39, 0.29) is 0 Å². The average molecular weight is 246 g/mol. The lowest BCUT2D eigenvalue weighted by atomic mass is 10.2. The Morgan fingerprint density at radius 2 is 2.06 bits per heavy atom. The Hall–Kier alpha value is -1.22. The molecule has 0 spiro atoms. The molecule has 0 N–H and O–H groups in total. The van der Waals surface area contributed by atoms with Crippen molar-refractivity contribution in [2.24, 2.45) is 0 Å². The van der Waals surface area contributed by atoms with Crippen molar-refractivity contribution in [2.75, 3.05) is 0 Å². The smallest absolute Gasteiger partial charge is 0.125 e. The molecule has 2 aromatic rings. The minimum Gasteiger partial charge on any atom is -0.261 e. The van der Waals surface area contributed by atoms with Crippen molar-refractivity contribution in [2.45, 2.75) is 40.0 Å². The van der Waals surface area contributed by atoms with E-state index < -0.39 is 0 Å². The van der Waals surface area contributed by atoms with Gasteiger partial charge in [0.15, 0.2) is 0 Å². The number of aryl methyl sites for hydroxylation is 3.